The van der Waals surface area contributed by atoms with Gasteiger partial charge in [-0.3, -0.25) is 0 Å². The smallest absolute Gasteiger partial charge is 0.129 e. The van der Waals surface area contributed by atoms with Crippen LogP contribution in [0, 0.1) is 0 Å². The van der Waals surface area contributed by atoms with E-state index in [0.29, 0.717) is 0 Å². The van der Waals surface area contributed by atoms with Crippen LogP contribution in [-0.4, -0.2) is 11.5 Å². The number of pyridine rings is 1. The molecule has 0 aliphatic carbocycles. The van der Waals surface area contributed by atoms with Gasteiger partial charge in [0.1, 0.15) is 5.82 Å². The largest absolute Gasteiger partial charge is 0.348 e. The summed E-state index contributed by atoms with van der Waals surface area (Å²) in [5, 5.41) is 3.32. The topological polar surface area (TPSA) is 28.2 Å². The molecule has 1 aliphatic heterocycles. The summed E-state index contributed by atoms with van der Waals surface area (Å²) in [6.45, 7) is 5.86. The van der Waals surface area contributed by atoms with Crippen molar-refractivity contribution in [2.45, 2.75) is 26.6 Å². The molecule has 0 unspecified atom stereocenters. The van der Waals surface area contributed by atoms with E-state index in [4.69, 9.17) is 4.98 Å². The van der Waals surface area contributed by atoms with Crippen molar-refractivity contribution in [2.75, 3.05) is 11.4 Å². The zero-order valence-electron chi connectivity index (χ0n) is 11.3. The van der Waals surface area contributed by atoms with Crippen LogP contribution in [0.25, 0.3) is 0 Å². The summed E-state index contributed by atoms with van der Waals surface area (Å²) < 4.78 is 0. The maximum absolute atomic E-state index is 4.74. The van der Waals surface area contributed by atoms with E-state index >= 15 is 0 Å². The second kappa shape index (κ2) is 5.41. The van der Waals surface area contributed by atoms with E-state index in [1.54, 1.807) is 0 Å². The molecule has 98 valence electrons. The molecule has 2 aromatic rings. The van der Waals surface area contributed by atoms with Gasteiger partial charge in [0.15, 0.2) is 0 Å². The summed E-state index contributed by atoms with van der Waals surface area (Å²) in [6, 6.07) is 14.9. The Hall–Kier alpha value is -1.87. The minimum Gasteiger partial charge on any atom is -0.348 e. The first kappa shape index (κ1) is 12.2. The molecule has 0 spiro atoms. The van der Waals surface area contributed by atoms with E-state index in [9.17, 15) is 0 Å². The molecule has 1 aromatic heterocycles. The van der Waals surface area contributed by atoms with E-state index < -0.39 is 0 Å². The Morgan fingerprint density at radius 1 is 1.05 bits per heavy atom. The highest BCUT2D eigenvalue weighted by Crippen LogP contribution is 2.26. The number of hydrogen-bond donors (Lipinski definition) is 1. The number of benzene rings is 1. The Morgan fingerprint density at radius 2 is 1.79 bits per heavy atom. The highest BCUT2D eigenvalue weighted by molar-refractivity contribution is 5.47. The van der Waals surface area contributed by atoms with E-state index in [0.717, 1.165) is 37.7 Å². The van der Waals surface area contributed by atoms with Gasteiger partial charge in [0.05, 0.1) is 5.69 Å². The van der Waals surface area contributed by atoms with Crippen LogP contribution in [0.4, 0.5) is 5.82 Å². The third-order valence-corrected chi connectivity index (χ3v) is 3.51. The normalized spacial score (nSPS) is 13.6. The van der Waals surface area contributed by atoms with Crippen molar-refractivity contribution in [3.63, 3.8) is 0 Å². The first-order valence-electron chi connectivity index (χ1n) is 6.85. The molecule has 0 amide bonds. The highest BCUT2D eigenvalue weighted by Gasteiger charge is 2.19. The fourth-order valence-corrected chi connectivity index (χ4v) is 2.49. The quantitative estimate of drug-likeness (QED) is 0.908. The van der Waals surface area contributed by atoms with E-state index in [1.165, 1.54) is 11.1 Å². The van der Waals surface area contributed by atoms with Gasteiger partial charge in [0, 0.05) is 19.6 Å². The van der Waals surface area contributed by atoms with Crippen molar-refractivity contribution >= 4 is 5.82 Å². The third kappa shape index (κ3) is 2.61. The predicted octanol–water partition coefficient (Wildman–Crippen LogP) is 2.71. The molecule has 0 radical (unpaired) electrons. The lowest BCUT2D eigenvalue weighted by molar-refractivity contribution is 0.707. The second-order valence-electron chi connectivity index (χ2n) is 4.89. The minimum atomic E-state index is 0.838. The average molecular weight is 253 g/mol. The van der Waals surface area contributed by atoms with Crippen LogP contribution in [0.2, 0.25) is 0 Å². The predicted molar refractivity (Wildman–Crippen MR) is 77.9 cm³/mol. The van der Waals surface area contributed by atoms with Crippen LogP contribution in [0.5, 0.6) is 0 Å². The lowest BCUT2D eigenvalue weighted by Crippen LogP contribution is -2.18. The molecule has 0 bridgehead atoms. The summed E-state index contributed by atoms with van der Waals surface area (Å²) in [6.07, 6.45) is 0. The molecule has 2 heterocycles. The summed E-state index contributed by atoms with van der Waals surface area (Å²) in [5.74, 6) is 1.08. The highest BCUT2D eigenvalue weighted by atomic mass is 15.2. The van der Waals surface area contributed by atoms with Gasteiger partial charge >= 0.3 is 0 Å². The number of rotatable bonds is 4. The zero-order valence-corrected chi connectivity index (χ0v) is 11.3. The molecule has 3 heteroatoms. The third-order valence-electron chi connectivity index (χ3n) is 3.51. The van der Waals surface area contributed by atoms with Gasteiger partial charge in [-0.2, -0.15) is 0 Å². The summed E-state index contributed by atoms with van der Waals surface area (Å²) >= 11 is 0. The van der Waals surface area contributed by atoms with Gasteiger partial charge in [0.2, 0.25) is 0 Å². The zero-order chi connectivity index (χ0) is 13.1. The van der Waals surface area contributed by atoms with Crippen molar-refractivity contribution in [1.29, 1.82) is 0 Å². The fourth-order valence-electron chi connectivity index (χ4n) is 2.49. The maximum atomic E-state index is 4.74. The standard InChI is InChI=1S/C16H19N3/c1-2-17-10-15-8-5-9-16(18-15)19-11-13-6-3-4-7-14(13)12-19/h3-9,17H,2,10-12H2,1H3. The summed E-state index contributed by atoms with van der Waals surface area (Å²) in [7, 11) is 0. The van der Waals surface area contributed by atoms with Gasteiger partial charge in [-0.05, 0) is 29.8 Å². The van der Waals surface area contributed by atoms with Crippen molar-refractivity contribution in [3.05, 3.63) is 59.3 Å². The maximum Gasteiger partial charge on any atom is 0.129 e. The molecule has 1 aromatic carbocycles. The van der Waals surface area contributed by atoms with Crippen LogP contribution in [0.3, 0.4) is 0 Å². The Labute approximate surface area is 114 Å². The molecule has 0 saturated heterocycles. The molecule has 3 rings (SSSR count). The Kier molecular flexibility index (Phi) is 3.47. The van der Waals surface area contributed by atoms with Crippen LogP contribution < -0.4 is 10.2 Å². The summed E-state index contributed by atoms with van der Waals surface area (Å²) in [4.78, 5) is 7.07. The Morgan fingerprint density at radius 3 is 2.47 bits per heavy atom. The minimum absolute atomic E-state index is 0.838. The summed E-state index contributed by atoms with van der Waals surface area (Å²) in [5.41, 5.74) is 3.94. The number of aromatic nitrogens is 1. The fraction of sp³-hybridized carbons (Fsp3) is 0.312. The molecular formula is C16H19N3. The molecule has 0 saturated carbocycles. The number of hydrogen-bond acceptors (Lipinski definition) is 3. The molecule has 3 nitrogen and oxygen atoms in total. The van der Waals surface area contributed by atoms with Gasteiger partial charge in [0.25, 0.3) is 0 Å². The van der Waals surface area contributed by atoms with Gasteiger partial charge in [-0.1, -0.05) is 37.3 Å². The molecular weight excluding hydrogens is 234 g/mol. The van der Waals surface area contributed by atoms with Gasteiger partial charge in [-0.15, -0.1) is 0 Å². The Balaban J connectivity index is 1.77. The number of nitrogens with zero attached hydrogens (tertiary/aromatic N) is 2. The number of nitrogens with one attached hydrogen (secondary N) is 1. The lowest BCUT2D eigenvalue weighted by Gasteiger charge is -2.17. The Bertz CT molecular complexity index is 540. The SMILES string of the molecule is CCNCc1cccc(N2Cc3ccccc3C2)n1. The molecule has 0 fully saturated rings. The molecule has 19 heavy (non-hydrogen) atoms. The molecule has 1 aliphatic rings. The number of anilines is 1. The molecule has 0 atom stereocenters. The van der Waals surface area contributed by atoms with Crippen molar-refractivity contribution in [3.8, 4) is 0 Å². The van der Waals surface area contributed by atoms with Gasteiger partial charge < -0.3 is 10.2 Å². The van der Waals surface area contributed by atoms with Crippen LogP contribution in [0.15, 0.2) is 42.5 Å². The van der Waals surface area contributed by atoms with E-state index in [2.05, 4.69) is 59.6 Å². The number of fused-ring (bicyclic) bond motifs is 1. The van der Waals surface area contributed by atoms with E-state index in [-0.39, 0.29) is 0 Å². The first-order valence-corrected chi connectivity index (χ1v) is 6.85. The van der Waals surface area contributed by atoms with Crippen molar-refractivity contribution in [1.82, 2.24) is 10.3 Å². The van der Waals surface area contributed by atoms with Crippen LogP contribution in [-0.2, 0) is 19.6 Å². The average Bonchev–Trinajstić information content (AvgIpc) is 2.89. The van der Waals surface area contributed by atoms with Gasteiger partial charge in [-0.25, -0.2) is 4.98 Å². The van der Waals surface area contributed by atoms with Crippen LogP contribution >= 0.6 is 0 Å². The lowest BCUT2D eigenvalue weighted by atomic mass is 10.1. The molecule has 1 N–H and O–H groups in total. The second-order valence-corrected chi connectivity index (χ2v) is 4.89. The van der Waals surface area contributed by atoms with Crippen molar-refractivity contribution in [2.24, 2.45) is 0 Å². The van der Waals surface area contributed by atoms with Crippen LogP contribution in [0.1, 0.15) is 23.7 Å². The van der Waals surface area contributed by atoms with Crippen molar-refractivity contribution < 1.29 is 0 Å². The monoisotopic (exact) mass is 253 g/mol. The van der Waals surface area contributed by atoms with E-state index in [1.807, 2.05) is 0 Å². The first-order chi connectivity index (χ1) is 9.36.